The summed E-state index contributed by atoms with van der Waals surface area (Å²) in [5, 5.41) is 10.6. The lowest BCUT2D eigenvalue weighted by molar-refractivity contribution is 0.00242. The number of ether oxygens (including phenoxy) is 3. The van der Waals surface area contributed by atoms with Crippen LogP contribution in [0.2, 0.25) is 0 Å². The summed E-state index contributed by atoms with van der Waals surface area (Å²) in [6.07, 6.45) is 0.869. The number of halogens is 1. The Bertz CT molecular complexity index is 914. The number of nitrogens with zero attached hydrogens (tertiary/aromatic N) is 1. The molecule has 3 aromatic rings. The quantitative estimate of drug-likeness (QED) is 0.469. The van der Waals surface area contributed by atoms with Crippen molar-refractivity contribution in [2.75, 3.05) is 27.4 Å². The van der Waals surface area contributed by atoms with Gasteiger partial charge in [0.1, 0.15) is 18.2 Å². The predicted molar refractivity (Wildman–Crippen MR) is 114 cm³/mol. The Morgan fingerprint density at radius 2 is 1.81 bits per heavy atom. The molecule has 0 saturated carbocycles. The van der Waals surface area contributed by atoms with E-state index in [1.807, 2.05) is 24.3 Å². The van der Waals surface area contributed by atoms with E-state index < -0.39 is 6.10 Å². The van der Waals surface area contributed by atoms with Crippen LogP contribution in [0.1, 0.15) is 16.9 Å². The van der Waals surface area contributed by atoms with Crippen LogP contribution in [-0.2, 0) is 24.4 Å². The molecule has 1 unspecified atom stereocenters. The largest absolute Gasteiger partial charge is 0.493 e. The number of benzene rings is 2. The summed E-state index contributed by atoms with van der Waals surface area (Å²) in [4.78, 5) is 2.06. The Kier molecular flexibility index (Phi) is 8.46. The van der Waals surface area contributed by atoms with E-state index in [0.29, 0.717) is 43.5 Å². The predicted octanol–water partition coefficient (Wildman–Crippen LogP) is 4.02. The first-order valence-corrected chi connectivity index (χ1v) is 10.0. The molecular weight excluding hydrogens is 401 g/mol. The van der Waals surface area contributed by atoms with E-state index in [1.54, 1.807) is 38.7 Å². The number of aliphatic hydroxyl groups excluding tert-OH is 1. The average molecular weight is 429 g/mol. The van der Waals surface area contributed by atoms with E-state index in [4.69, 9.17) is 18.6 Å². The van der Waals surface area contributed by atoms with Crippen LogP contribution >= 0.6 is 0 Å². The zero-order valence-electron chi connectivity index (χ0n) is 17.8. The average Bonchev–Trinajstić information content (AvgIpc) is 3.28. The smallest absolute Gasteiger partial charge is 0.165 e. The van der Waals surface area contributed by atoms with Crippen LogP contribution in [0.15, 0.2) is 65.3 Å². The van der Waals surface area contributed by atoms with Gasteiger partial charge in [0.25, 0.3) is 0 Å². The third-order valence-corrected chi connectivity index (χ3v) is 4.80. The first-order chi connectivity index (χ1) is 15.1. The molecule has 3 rings (SSSR count). The maximum atomic E-state index is 13.3. The summed E-state index contributed by atoms with van der Waals surface area (Å²) in [6, 6.07) is 15.7. The Balaban J connectivity index is 1.69. The van der Waals surface area contributed by atoms with Gasteiger partial charge in [-0.2, -0.15) is 0 Å². The highest BCUT2D eigenvalue weighted by Gasteiger charge is 2.17. The second kappa shape index (κ2) is 11.5. The first kappa shape index (κ1) is 22.8. The summed E-state index contributed by atoms with van der Waals surface area (Å²) >= 11 is 0. The van der Waals surface area contributed by atoms with Crippen molar-refractivity contribution in [2.24, 2.45) is 0 Å². The molecule has 7 heteroatoms. The molecule has 0 aliphatic rings. The van der Waals surface area contributed by atoms with Crippen LogP contribution in [0.25, 0.3) is 0 Å². The van der Waals surface area contributed by atoms with Crippen molar-refractivity contribution in [2.45, 2.75) is 25.8 Å². The van der Waals surface area contributed by atoms with Crippen LogP contribution in [0, 0.1) is 5.82 Å². The Morgan fingerprint density at radius 3 is 2.48 bits per heavy atom. The molecule has 0 spiro atoms. The molecule has 166 valence electrons. The van der Waals surface area contributed by atoms with Gasteiger partial charge in [0.15, 0.2) is 11.5 Å². The molecule has 1 aromatic heterocycles. The summed E-state index contributed by atoms with van der Waals surface area (Å²) < 4.78 is 35.1. The fraction of sp³-hybridized carbons (Fsp3) is 0.333. The van der Waals surface area contributed by atoms with Gasteiger partial charge in [0, 0.05) is 25.2 Å². The lowest BCUT2D eigenvalue weighted by Gasteiger charge is -2.26. The number of rotatable bonds is 12. The minimum atomic E-state index is -0.716. The van der Waals surface area contributed by atoms with Crippen LogP contribution in [-0.4, -0.2) is 43.5 Å². The zero-order chi connectivity index (χ0) is 22.1. The van der Waals surface area contributed by atoms with Gasteiger partial charge < -0.3 is 23.7 Å². The van der Waals surface area contributed by atoms with Crippen molar-refractivity contribution in [1.82, 2.24) is 4.90 Å². The molecule has 0 aliphatic carbocycles. The van der Waals surface area contributed by atoms with Gasteiger partial charge in [-0.25, -0.2) is 4.39 Å². The normalized spacial score (nSPS) is 12.2. The molecule has 0 saturated heterocycles. The minimum absolute atomic E-state index is 0.163. The molecule has 0 radical (unpaired) electrons. The van der Waals surface area contributed by atoms with Crippen molar-refractivity contribution >= 4 is 0 Å². The molecule has 0 fully saturated rings. The Morgan fingerprint density at radius 1 is 1.00 bits per heavy atom. The molecule has 31 heavy (non-hydrogen) atoms. The third-order valence-electron chi connectivity index (χ3n) is 4.80. The lowest BCUT2D eigenvalue weighted by Crippen LogP contribution is -2.34. The molecule has 1 atom stereocenters. The molecular formula is C24H28FNO5. The number of hydrogen-bond donors (Lipinski definition) is 1. The van der Waals surface area contributed by atoms with E-state index in [2.05, 4.69) is 4.90 Å². The summed E-state index contributed by atoms with van der Waals surface area (Å²) in [5.74, 6) is 1.72. The molecule has 6 nitrogen and oxygen atoms in total. The molecule has 1 heterocycles. The first-order valence-electron chi connectivity index (χ1n) is 10.0. The molecule has 0 bridgehead atoms. The van der Waals surface area contributed by atoms with Gasteiger partial charge in [0.05, 0.1) is 33.2 Å². The van der Waals surface area contributed by atoms with Gasteiger partial charge in [-0.05, 0) is 35.9 Å². The topological polar surface area (TPSA) is 64.3 Å². The third kappa shape index (κ3) is 6.82. The second-order valence-corrected chi connectivity index (χ2v) is 7.20. The molecule has 1 N–H and O–H groups in total. The molecule has 0 amide bonds. The number of aliphatic hydroxyl groups is 1. The summed E-state index contributed by atoms with van der Waals surface area (Å²) in [5.41, 5.74) is 1.86. The minimum Gasteiger partial charge on any atom is -0.493 e. The summed E-state index contributed by atoms with van der Waals surface area (Å²) in [6.45, 7) is 1.85. The van der Waals surface area contributed by atoms with Gasteiger partial charge in [-0.3, -0.25) is 4.90 Å². The fourth-order valence-electron chi connectivity index (χ4n) is 3.39. The standard InChI is InChI=1S/C24H28FNO5/c1-28-23-7-3-5-19(24(23)29-2)14-26(13-18-8-10-20(25)11-9-18)15-21(27)16-30-17-22-6-4-12-31-22/h3-12,21,27H,13-17H2,1-2H3. The van der Waals surface area contributed by atoms with Crippen molar-refractivity contribution in [3.8, 4) is 11.5 Å². The number of hydrogen-bond acceptors (Lipinski definition) is 6. The fourth-order valence-corrected chi connectivity index (χ4v) is 3.39. The Hall–Kier alpha value is -2.87. The van der Waals surface area contributed by atoms with Crippen molar-refractivity contribution in [3.05, 3.63) is 83.6 Å². The molecule has 2 aromatic carbocycles. The van der Waals surface area contributed by atoms with Crippen molar-refractivity contribution in [3.63, 3.8) is 0 Å². The van der Waals surface area contributed by atoms with Gasteiger partial charge in [-0.1, -0.05) is 24.3 Å². The van der Waals surface area contributed by atoms with E-state index in [1.165, 1.54) is 12.1 Å². The van der Waals surface area contributed by atoms with E-state index in [0.717, 1.165) is 11.1 Å². The molecule has 0 aliphatic heterocycles. The van der Waals surface area contributed by atoms with Crippen LogP contribution in [0.4, 0.5) is 4.39 Å². The highest BCUT2D eigenvalue weighted by Crippen LogP contribution is 2.31. The highest BCUT2D eigenvalue weighted by molar-refractivity contribution is 5.46. The number of methoxy groups -OCH3 is 2. The van der Waals surface area contributed by atoms with Crippen LogP contribution in [0.5, 0.6) is 11.5 Å². The van der Waals surface area contributed by atoms with Crippen molar-refractivity contribution < 1.29 is 28.1 Å². The van der Waals surface area contributed by atoms with Gasteiger partial charge in [-0.15, -0.1) is 0 Å². The number of furan rings is 1. The van der Waals surface area contributed by atoms with Crippen LogP contribution < -0.4 is 9.47 Å². The van der Waals surface area contributed by atoms with E-state index in [9.17, 15) is 9.50 Å². The van der Waals surface area contributed by atoms with Gasteiger partial charge >= 0.3 is 0 Å². The second-order valence-electron chi connectivity index (χ2n) is 7.20. The maximum Gasteiger partial charge on any atom is 0.165 e. The van der Waals surface area contributed by atoms with Crippen molar-refractivity contribution in [1.29, 1.82) is 0 Å². The maximum absolute atomic E-state index is 13.3. The number of para-hydroxylation sites is 1. The van der Waals surface area contributed by atoms with E-state index in [-0.39, 0.29) is 12.4 Å². The van der Waals surface area contributed by atoms with Crippen LogP contribution in [0.3, 0.4) is 0 Å². The SMILES string of the molecule is COc1cccc(CN(Cc2ccc(F)cc2)CC(O)COCc2ccco2)c1OC. The van der Waals surface area contributed by atoms with E-state index >= 15 is 0 Å². The Labute approximate surface area is 181 Å². The summed E-state index contributed by atoms with van der Waals surface area (Å²) in [7, 11) is 3.20. The lowest BCUT2D eigenvalue weighted by atomic mass is 10.1. The van der Waals surface area contributed by atoms with Gasteiger partial charge in [0.2, 0.25) is 0 Å². The zero-order valence-corrected chi connectivity index (χ0v) is 17.8. The monoisotopic (exact) mass is 429 g/mol. The highest BCUT2D eigenvalue weighted by atomic mass is 19.1.